The van der Waals surface area contributed by atoms with Crippen LogP contribution in [0.3, 0.4) is 0 Å². The number of nitrogens with one attached hydrogen (secondary N) is 1. The molecule has 5 nitrogen and oxygen atoms in total. The second kappa shape index (κ2) is 7.87. The Labute approximate surface area is 154 Å². The fraction of sp³-hybridized carbons (Fsp3) is 0.429. The first kappa shape index (κ1) is 17.0. The Bertz CT molecular complexity index is 738. The lowest BCUT2D eigenvalue weighted by molar-refractivity contribution is 0.0702. The Balaban J connectivity index is 1.38. The summed E-state index contributed by atoms with van der Waals surface area (Å²) in [5, 5.41) is 3.66. The van der Waals surface area contributed by atoms with E-state index in [2.05, 4.69) is 10.3 Å². The summed E-state index contributed by atoms with van der Waals surface area (Å²) in [6.07, 6.45) is 8.13. The van der Waals surface area contributed by atoms with Crippen LogP contribution in [0, 0.1) is 5.92 Å². The van der Waals surface area contributed by atoms with Gasteiger partial charge in [-0.05, 0) is 62.4 Å². The Morgan fingerprint density at radius 3 is 2.65 bits per heavy atom. The van der Waals surface area contributed by atoms with Crippen LogP contribution in [0.2, 0.25) is 0 Å². The number of aromatic nitrogens is 1. The fourth-order valence-corrected chi connectivity index (χ4v) is 3.38. The summed E-state index contributed by atoms with van der Waals surface area (Å²) in [7, 11) is 0. The van der Waals surface area contributed by atoms with Crippen molar-refractivity contribution in [2.24, 2.45) is 5.92 Å². The number of ether oxygens (including phenoxy) is 1. The van der Waals surface area contributed by atoms with Crippen molar-refractivity contribution < 1.29 is 9.53 Å². The van der Waals surface area contributed by atoms with E-state index in [1.807, 2.05) is 41.3 Å². The predicted molar refractivity (Wildman–Crippen MR) is 100 cm³/mol. The molecule has 5 heteroatoms. The molecule has 1 aliphatic heterocycles. The number of nitrogens with zero attached hydrogens (tertiary/aromatic N) is 2. The van der Waals surface area contributed by atoms with Gasteiger partial charge in [-0.25, -0.2) is 0 Å². The van der Waals surface area contributed by atoms with Crippen LogP contribution in [0.5, 0.6) is 11.5 Å². The van der Waals surface area contributed by atoms with Gasteiger partial charge in [0.1, 0.15) is 11.5 Å². The molecule has 1 N–H and O–H groups in total. The normalized spacial score (nSPS) is 17.9. The molecule has 1 saturated heterocycles. The van der Waals surface area contributed by atoms with E-state index in [0.29, 0.717) is 23.1 Å². The van der Waals surface area contributed by atoms with Crippen molar-refractivity contribution in [1.82, 2.24) is 15.2 Å². The summed E-state index contributed by atoms with van der Waals surface area (Å²) >= 11 is 0. The minimum absolute atomic E-state index is 0.0464. The van der Waals surface area contributed by atoms with Crippen molar-refractivity contribution in [3.05, 3.63) is 54.4 Å². The van der Waals surface area contributed by atoms with Crippen molar-refractivity contribution in [3.8, 4) is 11.5 Å². The smallest absolute Gasteiger partial charge is 0.257 e. The Morgan fingerprint density at radius 1 is 1.12 bits per heavy atom. The zero-order valence-corrected chi connectivity index (χ0v) is 14.9. The lowest BCUT2D eigenvalue weighted by atomic mass is 10.0. The highest BCUT2D eigenvalue weighted by atomic mass is 16.5. The van der Waals surface area contributed by atoms with Crippen molar-refractivity contribution >= 4 is 5.91 Å². The van der Waals surface area contributed by atoms with Crippen LogP contribution in [0.15, 0.2) is 48.8 Å². The molecule has 1 saturated carbocycles. The second-order valence-corrected chi connectivity index (χ2v) is 7.21. The number of rotatable bonds is 6. The summed E-state index contributed by atoms with van der Waals surface area (Å²) in [4.78, 5) is 19.0. The van der Waals surface area contributed by atoms with Crippen LogP contribution >= 0.6 is 0 Å². The van der Waals surface area contributed by atoms with Gasteiger partial charge in [0.25, 0.3) is 5.91 Å². The number of benzene rings is 1. The van der Waals surface area contributed by atoms with Crippen molar-refractivity contribution in [1.29, 1.82) is 0 Å². The molecule has 2 aromatic rings. The van der Waals surface area contributed by atoms with Gasteiger partial charge in [0.15, 0.2) is 0 Å². The summed E-state index contributed by atoms with van der Waals surface area (Å²) < 4.78 is 5.89. The molecule has 0 spiro atoms. The molecule has 1 aromatic carbocycles. The highest BCUT2D eigenvalue weighted by Gasteiger charge is 2.27. The Hall–Kier alpha value is -2.40. The van der Waals surface area contributed by atoms with E-state index in [1.54, 1.807) is 12.4 Å². The van der Waals surface area contributed by atoms with E-state index in [-0.39, 0.29) is 5.91 Å². The first-order chi connectivity index (χ1) is 12.8. The van der Waals surface area contributed by atoms with E-state index in [9.17, 15) is 4.79 Å². The SMILES string of the molecule is O=C(c1ccccc1Oc1cccnc1)N1CCC(NCC2CC2)CC1. The van der Waals surface area contributed by atoms with Crippen LogP contribution in [0.25, 0.3) is 0 Å². The molecular weight excluding hydrogens is 326 g/mol. The molecule has 0 bridgehead atoms. The van der Waals surface area contributed by atoms with Gasteiger partial charge < -0.3 is 15.0 Å². The first-order valence-electron chi connectivity index (χ1n) is 9.49. The monoisotopic (exact) mass is 351 g/mol. The summed E-state index contributed by atoms with van der Waals surface area (Å²) in [6.45, 7) is 2.73. The predicted octanol–water partition coefficient (Wildman–Crippen LogP) is 3.48. The summed E-state index contributed by atoms with van der Waals surface area (Å²) in [5.41, 5.74) is 0.612. The number of carbonyl (C=O) groups excluding carboxylic acids is 1. The number of carbonyl (C=O) groups is 1. The van der Waals surface area contributed by atoms with Gasteiger partial charge in [0, 0.05) is 25.3 Å². The maximum absolute atomic E-state index is 13.0. The number of likely N-dealkylation sites (tertiary alicyclic amines) is 1. The highest BCUT2D eigenvalue weighted by Crippen LogP contribution is 2.29. The van der Waals surface area contributed by atoms with Crippen LogP contribution in [-0.4, -0.2) is 41.5 Å². The van der Waals surface area contributed by atoms with Gasteiger partial charge in [0.05, 0.1) is 11.8 Å². The van der Waals surface area contributed by atoms with Crippen molar-refractivity contribution in [2.45, 2.75) is 31.7 Å². The molecule has 1 amide bonds. The number of hydrogen-bond donors (Lipinski definition) is 1. The van der Waals surface area contributed by atoms with Gasteiger partial charge in [-0.2, -0.15) is 0 Å². The minimum Gasteiger partial charge on any atom is -0.455 e. The van der Waals surface area contributed by atoms with Crippen LogP contribution in [0.4, 0.5) is 0 Å². The largest absolute Gasteiger partial charge is 0.455 e. The number of pyridine rings is 1. The van der Waals surface area contributed by atoms with Crippen molar-refractivity contribution in [2.75, 3.05) is 19.6 Å². The molecule has 2 aliphatic rings. The molecule has 4 rings (SSSR count). The van der Waals surface area contributed by atoms with E-state index < -0.39 is 0 Å². The molecule has 136 valence electrons. The third kappa shape index (κ3) is 4.22. The zero-order valence-electron chi connectivity index (χ0n) is 14.9. The zero-order chi connectivity index (χ0) is 17.8. The first-order valence-corrected chi connectivity index (χ1v) is 9.49. The van der Waals surface area contributed by atoms with Crippen LogP contribution < -0.4 is 10.1 Å². The maximum Gasteiger partial charge on any atom is 0.257 e. The molecular formula is C21H25N3O2. The lowest BCUT2D eigenvalue weighted by Crippen LogP contribution is -2.45. The molecule has 0 unspecified atom stereocenters. The molecule has 26 heavy (non-hydrogen) atoms. The van der Waals surface area contributed by atoms with Gasteiger partial charge in [-0.15, -0.1) is 0 Å². The maximum atomic E-state index is 13.0. The topological polar surface area (TPSA) is 54.5 Å². The van der Waals surface area contributed by atoms with Gasteiger partial charge >= 0.3 is 0 Å². The van der Waals surface area contributed by atoms with Crippen LogP contribution in [0.1, 0.15) is 36.0 Å². The Kier molecular flexibility index (Phi) is 5.16. The number of hydrogen-bond acceptors (Lipinski definition) is 4. The minimum atomic E-state index is 0.0464. The van der Waals surface area contributed by atoms with Gasteiger partial charge in [-0.3, -0.25) is 9.78 Å². The molecule has 1 aliphatic carbocycles. The third-order valence-electron chi connectivity index (χ3n) is 5.15. The molecule has 0 radical (unpaired) electrons. The average molecular weight is 351 g/mol. The second-order valence-electron chi connectivity index (χ2n) is 7.21. The fourth-order valence-electron chi connectivity index (χ4n) is 3.38. The highest BCUT2D eigenvalue weighted by molar-refractivity contribution is 5.97. The summed E-state index contributed by atoms with van der Waals surface area (Å²) in [5.74, 6) is 2.16. The number of piperidine rings is 1. The molecule has 0 atom stereocenters. The van der Waals surface area contributed by atoms with Crippen molar-refractivity contribution in [3.63, 3.8) is 0 Å². The number of para-hydroxylation sites is 1. The van der Waals surface area contributed by atoms with E-state index in [4.69, 9.17) is 4.74 Å². The van der Waals surface area contributed by atoms with E-state index >= 15 is 0 Å². The van der Waals surface area contributed by atoms with Gasteiger partial charge in [-0.1, -0.05) is 12.1 Å². The summed E-state index contributed by atoms with van der Waals surface area (Å²) in [6, 6.07) is 11.6. The molecule has 2 fully saturated rings. The quantitative estimate of drug-likeness (QED) is 0.866. The standard InChI is InChI=1S/C21H25N3O2/c25-21(24-12-9-17(10-13-24)23-14-16-7-8-16)19-5-1-2-6-20(19)26-18-4-3-11-22-15-18/h1-6,11,15-17,23H,7-10,12-14H2. The third-order valence-corrected chi connectivity index (χ3v) is 5.15. The van der Waals surface area contributed by atoms with E-state index in [0.717, 1.165) is 38.4 Å². The van der Waals surface area contributed by atoms with Crippen LogP contribution in [-0.2, 0) is 0 Å². The Morgan fingerprint density at radius 2 is 1.92 bits per heavy atom. The molecule has 2 heterocycles. The molecule has 1 aromatic heterocycles. The van der Waals surface area contributed by atoms with E-state index in [1.165, 1.54) is 12.8 Å². The number of amides is 1. The lowest BCUT2D eigenvalue weighted by Gasteiger charge is -2.33. The van der Waals surface area contributed by atoms with Gasteiger partial charge in [0.2, 0.25) is 0 Å². The average Bonchev–Trinajstić information content (AvgIpc) is 3.52.